The summed E-state index contributed by atoms with van der Waals surface area (Å²) in [6.45, 7) is 5.56. The maximum Gasteiger partial charge on any atom is 0.125 e. The topological polar surface area (TPSA) is 38.5 Å². The normalized spacial score (nSPS) is 20.9. The second kappa shape index (κ2) is 6.34. The predicted molar refractivity (Wildman–Crippen MR) is 79.2 cm³/mol. The van der Waals surface area contributed by atoms with Crippen LogP contribution < -0.4 is 10.5 Å². The van der Waals surface area contributed by atoms with E-state index in [0.29, 0.717) is 0 Å². The van der Waals surface area contributed by atoms with Gasteiger partial charge in [0.25, 0.3) is 0 Å². The third-order valence-corrected chi connectivity index (χ3v) is 4.76. The van der Waals surface area contributed by atoms with E-state index in [1.807, 2.05) is 12.1 Å². The highest BCUT2D eigenvalue weighted by atomic mass is 32.2. The molecule has 1 unspecified atom stereocenters. The number of rotatable bonds is 4. The van der Waals surface area contributed by atoms with Gasteiger partial charge >= 0.3 is 0 Å². The Morgan fingerprint density at radius 3 is 3.06 bits per heavy atom. The van der Waals surface area contributed by atoms with Crippen LogP contribution in [0, 0.1) is 0 Å². The molecule has 0 aliphatic carbocycles. The second-order valence-corrected chi connectivity index (χ2v) is 6.12. The molecule has 1 atom stereocenters. The molecule has 1 saturated heterocycles. The molecule has 1 heterocycles. The number of nitrogens with two attached hydrogens (primary N) is 1. The summed E-state index contributed by atoms with van der Waals surface area (Å²) >= 11 is 2.10. The van der Waals surface area contributed by atoms with Crippen LogP contribution in [0.3, 0.4) is 0 Å². The molecular weight excluding hydrogens is 244 g/mol. The van der Waals surface area contributed by atoms with E-state index < -0.39 is 0 Å². The molecule has 1 aromatic rings. The minimum atomic E-state index is 0.760. The Balaban J connectivity index is 2.04. The van der Waals surface area contributed by atoms with Gasteiger partial charge in [0, 0.05) is 48.0 Å². The van der Waals surface area contributed by atoms with Crippen LogP contribution in [-0.2, 0) is 6.54 Å². The Hall–Kier alpha value is -0.870. The Labute approximate surface area is 114 Å². The lowest BCUT2D eigenvalue weighted by molar-refractivity contribution is 0.268. The summed E-state index contributed by atoms with van der Waals surface area (Å²) in [5, 5.41) is 0.776. The summed E-state index contributed by atoms with van der Waals surface area (Å²) in [6, 6.07) is 5.94. The van der Waals surface area contributed by atoms with Crippen LogP contribution in [0.4, 0.5) is 5.69 Å². The Kier molecular flexibility index (Phi) is 4.78. The highest BCUT2D eigenvalue weighted by Gasteiger charge is 2.19. The van der Waals surface area contributed by atoms with E-state index in [4.69, 9.17) is 10.5 Å². The van der Waals surface area contributed by atoms with Crippen molar-refractivity contribution < 1.29 is 4.74 Å². The number of methoxy groups -OCH3 is 1. The average Bonchev–Trinajstić information content (AvgIpc) is 2.41. The Morgan fingerprint density at radius 1 is 1.50 bits per heavy atom. The fraction of sp³-hybridized carbons (Fsp3) is 0.571. The van der Waals surface area contributed by atoms with Crippen LogP contribution in [-0.4, -0.2) is 36.1 Å². The maximum atomic E-state index is 5.78. The quantitative estimate of drug-likeness (QED) is 0.850. The molecule has 1 aromatic carbocycles. The van der Waals surface area contributed by atoms with E-state index in [2.05, 4.69) is 29.7 Å². The van der Waals surface area contributed by atoms with Gasteiger partial charge in [-0.2, -0.15) is 11.8 Å². The second-order valence-electron chi connectivity index (χ2n) is 4.71. The first-order chi connectivity index (χ1) is 8.72. The molecule has 0 amide bonds. The van der Waals surface area contributed by atoms with Crippen molar-refractivity contribution in [3.63, 3.8) is 0 Å². The number of benzene rings is 1. The molecule has 1 aliphatic rings. The van der Waals surface area contributed by atoms with Crippen molar-refractivity contribution in [3.05, 3.63) is 23.8 Å². The molecule has 0 aromatic heterocycles. The summed E-state index contributed by atoms with van der Waals surface area (Å²) in [5.74, 6) is 2.14. The SMILES string of the molecule is CCC1CN(Cc2ccc(N)cc2OC)CCS1. The van der Waals surface area contributed by atoms with Crippen LogP contribution in [0.25, 0.3) is 0 Å². The van der Waals surface area contributed by atoms with E-state index >= 15 is 0 Å². The molecule has 0 radical (unpaired) electrons. The molecule has 18 heavy (non-hydrogen) atoms. The monoisotopic (exact) mass is 266 g/mol. The van der Waals surface area contributed by atoms with Gasteiger partial charge in [0.1, 0.15) is 5.75 Å². The maximum absolute atomic E-state index is 5.78. The molecule has 2 rings (SSSR count). The molecular formula is C14H22N2OS. The van der Waals surface area contributed by atoms with Gasteiger partial charge in [-0.1, -0.05) is 13.0 Å². The third-order valence-electron chi connectivity index (χ3n) is 3.38. The lowest BCUT2D eigenvalue weighted by atomic mass is 10.1. The molecule has 1 aliphatic heterocycles. The van der Waals surface area contributed by atoms with E-state index in [9.17, 15) is 0 Å². The molecule has 3 nitrogen and oxygen atoms in total. The zero-order chi connectivity index (χ0) is 13.0. The molecule has 100 valence electrons. The molecule has 0 saturated carbocycles. The predicted octanol–water partition coefficient (Wildman–Crippen LogP) is 2.60. The number of nitrogens with zero attached hydrogens (tertiary/aromatic N) is 1. The van der Waals surface area contributed by atoms with Crippen LogP contribution in [0.1, 0.15) is 18.9 Å². The van der Waals surface area contributed by atoms with Gasteiger partial charge in [0.15, 0.2) is 0 Å². The first-order valence-corrected chi connectivity index (χ1v) is 7.54. The van der Waals surface area contributed by atoms with Crippen molar-refractivity contribution >= 4 is 17.4 Å². The van der Waals surface area contributed by atoms with E-state index in [1.54, 1.807) is 7.11 Å². The van der Waals surface area contributed by atoms with Gasteiger partial charge < -0.3 is 10.5 Å². The number of ether oxygens (including phenoxy) is 1. The van der Waals surface area contributed by atoms with Crippen molar-refractivity contribution in [1.82, 2.24) is 4.90 Å². The smallest absolute Gasteiger partial charge is 0.125 e. The summed E-state index contributed by atoms with van der Waals surface area (Å²) in [5.41, 5.74) is 7.77. The minimum Gasteiger partial charge on any atom is -0.496 e. The van der Waals surface area contributed by atoms with E-state index in [-0.39, 0.29) is 0 Å². The minimum absolute atomic E-state index is 0.760. The van der Waals surface area contributed by atoms with Gasteiger partial charge in [-0.15, -0.1) is 0 Å². The standard InChI is InChI=1S/C14H22N2OS/c1-3-13-10-16(6-7-18-13)9-11-4-5-12(15)8-14(11)17-2/h4-5,8,13H,3,6-7,9-10,15H2,1-2H3. The van der Waals surface area contributed by atoms with Crippen LogP contribution >= 0.6 is 11.8 Å². The van der Waals surface area contributed by atoms with Crippen molar-refractivity contribution in [3.8, 4) is 5.75 Å². The summed E-state index contributed by atoms with van der Waals surface area (Å²) in [7, 11) is 1.71. The summed E-state index contributed by atoms with van der Waals surface area (Å²) in [6.07, 6.45) is 1.25. The number of hydrogen-bond donors (Lipinski definition) is 1. The van der Waals surface area contributed by atoms with Crippen molar-refractivity contribution in [1.29, 1.82) is 0 Å². The zero-order valence-electron chi connectivity index (χ0n) is 11.2. The Bertz CT molecular complexity index is 397. The van der Waals surface area contributed by atoms with Gasteiger partial charge in [0.2, 0.25) is 0 Å². The van der Waals surface area contributed by atoms with Gasteiger partial charge in [-0.3, -0.25) is 4.90 Å². The lowest BCUT2D eigenvalue weighted by Crippen LogP contribution is -2.37. The first-order valence-electron chi connectivity index (χ1n) is 6.49. The lowest BCUT2D eigenvalue weighted by Gasteiger charge is -2.32. The number of thioether (sulfide) groups is 1. The highest BCUT2D eigenvalue weighted by Crippen LogP contribution is 2.26. The fourth-order valence-corrected chi connectivity index (χ4v) is 3.55. The number of hydrogen-bond acceptors (Lipinski definition) is 4. The molecule has 0 spiro atoms. The molecule has 0 bridgehead atoms. The Morgan fingerprint density at radius 2 is 2.33 bits per heavy atom. The van der Waals surface area contributed by atoms with Crippen LogP contribution in [0.15, 0.2) is 18.2 Å². The number of nitrogen functional groups attached to an aromatic ring is 1. The first kappa shape index (κ1) is 13.6. The fourth-order valence-electron chi connectivity index (χ4n) is 2.30. The van der Waals surface area contributed by atoms with Crippen molar-refractivity contribution in [2.45, 2.75) is 25.1 Å². The third kappa shape index (κ3) is 3.33. The van der Waals surface area contributed by atoms with Crippen molar-refractivity contribution in [2.24, 2.45) is 0 Å². The van der Waals surface area contributed by atoms with Crippen LogP contribution in [0.5, 0.6) is 5.75 Å². The zero-order valence-corrected chi connectivity index (χ0v) is 12.0. The van der Waals surface area contributed by atoms with Crippen molar-refractivity contribution in [2.75, 3.05) is 31.7 Å². The molecule has 2 N–H and O–H groups in total. The summed E-state index contributed by atoms with van der Waals surface area (Å²) in [4.78, 5) is 2.51. The average molecular weight is 266 g/mol. The van der Waals surface area contributed by atoms with Gasteiger partial charge in [-0.25, -0.2) is 0 Å². The molecule has 4 heteroatoms. The largest absolute Gasteiger partial charge is 0.496 e. The van der Waals surface area contributed by atoms with Crippen LogP contribution in [0.2, 0.25) is 0 Å². The highest BCUT2D eigenvalue weighted by molar-refractivity contribution is 8.00. The van der Waals surface area contributed by atoms with Gasteiger partial charge in [-0.05, 0) is 12.5 Å². The van der Waals surface area contributed by atoms with E-state index in [0.717, 1.165) is 29.8 Å². The van der Waals surface area contributed by atoms with E-state index in [1.165, 1.54) is 24.3 Å². The van der Waals surface area contributed by atoms with Gasteiger partial charge in [0.05, 0.1) is 7.11 Å². The number of anilines is 1. The molecule has 1 fully saturated rings. The summed E-state index contributed by atoms with van der Waals surface area (Å²) < 4.78 is 5.41.